The molecule has 0 radical (unpaired) electrons. The summed E-state index contributed by atoms with van der Waals surface area (Å²) in [5.41, 5.74) is 3.29. The highest BCUT2D eigenvalue weighted by Crippen LogP contribution is 2.18. The van der Waals surface area contributed by atoms with E-state index in [2.05, 4.69) is 32.3 Å². The third kappa shape index (κ3) is 6.28. The van der Waals surface area contributed by atoms with Gasteiger partial charge in [-0.1, -0.05) is 42.1 Å². The van der Waals surface area contributed by atoms with Crippen LogP contribution in [0.3, 0.4) is 0 Å². The van der Waals surface area contributed by atoms with E-state index < -0.39 is 0 Å². The molecule has 0 fully saturated rings. The van der Waals surface area contributed by atoms with E-state index in [-0.39, 0.29) is 18.3 Å². The molecule has 3 rings (SSSR count). The number of pyridine rings is 1. The Bertz CT molecular complexity index is 960. The fourth-order valence-electron chi connectivity index (χ4n) is 2.30. The molecule has 148 valence electrons. The molecule has 0 atom stereocenters. The van der Waals surface area contributed by atoms with Crippen LogP contribution in [0.4, 0.5) is 0 Å². The van der Waals surface area contributed by atoms with E-state index in [9.17, 15) is 4.79 Å². The molecule has 0 spiro atoms. The average molecular weight is 408 g/mol. The smallest absolute Gasteiger partial charge is 0.250 e. The molecule has 0 saturated heterocycles. The van der Waals surface area contributed by atoms with Crippen molar-refractivity contribution in [1.82, 2.24) is 25.2 Å². The number of rotatable bonds is 10. The molecule has 0 saturated carbocycles. The van der Waals surface area contributed by atoms with Crippen LogP contribution in [0.25, 0.3) is 0 Å². The van der Waals surface area contributed by atoms with Crippen LogP contribution in [0.2, 0.25) is 0 Å². The van der Waals surface area contributed by atoms with Crippen LogP contribution in [0.5, 0.6) is 5.75 Å². The quantitative estimate of drug-likeness (QED) is 0.240. The van der Waals surface area contributed by atoms with Crippen molar-refractivity contribution in [1.29, 1.82) is 0 Å². The van der Waals surface area contributed by atoms with Crippen LogP contribution in [-0.4, -0.2) is 37.6 Å². The Morgan fingerprint density at radius 3 is 2.86 bits per heavy atom. The van der Waals surface area contributed by atoms with Crippen molar-refractivity contribution in [2.75, 3.05) is 5.75 Å². The highest BCUT2D eigenvalue weighted by molar-refractivity contribution is 7.99. The summed E-state index contributed by atoms with van der Waals surface area (Å²) < 4.78 is 7.61. The van der Waals surface area contributed by atoms with Gasteiger partial charge < -0.3 is 4.74 Å². The van der Waals surface area contributed by atoms with Crippen LogP contribution >= 0.6 is 11.8 Å². The maximum Gasteiger partial charge on any atom is 0.250 e. The molecule has 1 aromatic carbocycles. The number of nitrogens with zero attached hydrogens (tertiary/aromatic N) is 5. The van der Waals surface area contributed by atoms with Gasteiger partial charge in [-0.2, -0.15) is 5.10 Å². The predicted octanol–water partition coefficient (Wildman–Crippen LogP) is 2.68. The first-order valence-electron chi connectivity index (χ1n) is 8.82. The van der Waals surface area contributed by atoms with E-state index in [1.165, 1.54) is 18.0 Å². The molecule has 2 heterocycles. The van der Waals surface area contributed by atoms with Crippen molar-refractivity contribution in [3.05, 3.63) is 78.9 Å². The number of aromatic nitrogens is 4. The first-order chi connectivity index (χ1) is 14.3. The lowest BCUT2D eigenvalue weighted by Crippen LogP contribution is -2.20. The van der Waals surface area contributed by atoms with Crippen LogP contribution in [-0.2, 0) is 17.9 Å². The molecule has 0 unspecified atom stereocenters. The van der Waals surface area contributed by atoms with Gasteiger partial charge in [0.2, 0.25) is 0 Å². The molecule has 0 aliphatic rings. The monoisotopic (exact) mass is 408 g/mol. The molecular weight excluding hydrogens is 388 g/mol. The van der Waals surface area contributed by atoms with E-state index in [1.807, 2.05) is 41.0 Å². The minimum absolute atomic E-state index is 0.152. The van der Waals surface area contributed by atoms with E-state index in [0.29, 0.717) is 17.5 Å². The fraction of sp³-hybridized carbons (Fsp3) is 0.150. The van der Waals surface area contributed by atoms with E-state index in [0.717, 1.165) is 11.3 Å². The number of carbonyl (C=O) groups excluding carboxylic acids is 1. The maximum absolute atomic E-state index is 12.0. The first kappa shape index (κ1) is 20.3. The largest absolute Gasteiger partial charge is 0.486 e. The summed E-state index contributed by atoms with van der Waals surface area (Å²) in [6.07, 6.45) is 6.61. The van der Waals surface area contributed by atoms with Gasteiger partial charge in [-0.25, -0.2) is 5.43 Å². The molecule has 1 N–H and O–H groups in total. The number of nitrogens with one attached hydrogen (secondary N) is 1. The third-order valence-electron chi connectivity index (χ3n) is 3.64. The van der Waals surface area contributed by atoms with Crippen LogP contribution in [0.1, 0.15) is 11.4 Å². The zero-order chi connectivity index (χ0) is 20.3. The number of para-hydroxylation sites is 1. The second-order valence-corrected chi connectivity index (χ2v) is 6.71. The van der Waals surface area contributed by atoms with Crippen molar-refractivity contribution >= 4 is 23.9 Å². The number of hydrogen-bond donors (Lipinski definition) is 1. The summed E-state index contributed by atoms with van der Waals surface area (Å²) in [5, 5.41) is 12.9. The molecule has 3 aromatic rings. The van der Waals surface area contributed by atoms with Crippen LogP contribution in [0.15, 0.2) is 77.8 Å². The number of benzene rings is 1. The minimum atomic E-state index is -0.245. The number of carbonyl (C=O) groups is 1. The molecule has 0 aliphatic carbocycles. The summed E-state index contributed by atoms with van der Waals surface area (Å²) in [6, 6.07) is 13.1. The average Bonchev–Trinajstić information content (AvgIpc) is 3.14. The zero-order valence-electron chi connectivity index (χ0n) is 15.6. The van der Waals surface area contributed by atoms with Gasteiger partial charge in [0.15, 0.2) is 11.0 Å². The lowest BCUT2D eigenvalue weighted by molar-refractivity contribution is -0.118. The first-order valence-corrected chi connectivity index (χ1v) is 9.80. The van der Waals surface area contributed by atoms with Gasteiger partial charge in [0.25, 0.3) is 5.91 Å². The molecule has 1 amide bonds. The number of allylic oxidation sites excluding steroid dienone is 1. The Kier molecular flexibility index (Phi) is 7.53. The van der Waals surface area contributed by atoms with Crippen molar-refractivity contribution in [3.63, 3.8) is 0 Å². The highest BCUT2D eigenvalue weighted by Gasteiger charge is 2.14. The second kappa shape index (κ2) is 10.8. The van der Waals surface area contributed by atoms with E-state index >= 15 is 0 Å². The summed E-state index contributed by atoms with van der Waals surface area (Å²) in [4.78, 5) is 16.0. The normalized spacial score (nSPS) is 10.8. The minimum Gasteiger partial charge on any atom is -0.486 e. The predicted molar refractivity (Wildman–Crippen MR) is 112 cm³/mol. The SMILES string of the molecule is C=CCn1c(COc2ccccc2)nnc1SCC(=O)N/N=C/c1cccnc1. The number of ether oxygens (including phenoxy) is 1. The maximum atomic E-state index is 12.0. The van der Waals surface area contributed by atoms with Crippen molar-refractivity contribution in [2.24, 2.45) is 5.10 Å². The van der Waals surface area contributed by atoms with Crippen molar-refractivity contribution in [2.45, 2.75) is 18.3 Å². The lowest BCUT2D eigenvalue weighted by atomic mass is 10.3. The number of amides is 1. The molecule has 2 aromatic heterocycles. The Morgan fingerprint density at radius 1 is 1.24 bits per heavy atom. The molecular formula is C20H20N6O2S. The summed E-state index contributed by atoms with van der Waals surface area (Å²) in [6.45, 7) is 4.56. The lowest BCUT2D eigenvalue weighted by Gasteiger charge is -2.08. The Morgan fingerprint density at radius 2 is 2.10 bits per heavy atom. The number of hydrogen-bond acceptors (Lipinski definition) is 7. The summed E-state index contributed by atoms with van der Waals surface area (Å²) in [5.74, 6) is 1.32. The summed E-state index contributed by atoms with van der Waals surface area (Å²) >= 11 is 1.27. The van der Waals surface area contributed by atoms with E-state index in [4.69, 9.17) is 4.74 Å². The summed E-state index contributed by atoms with van der Waals surface area (Å²) in [7, 11) is 0. The topological polar surface area (TPSA) is 94.3 Å². The number of thioether (sulfide) groups is 1. The van der Waals surface area contributed by atoms with Gasteiger partial charge in [0.05, 0.1) is 12.0 Å². The van der Waals surface area contributed by atoms with Gasteiger partial charge >= 0.3 is 0 Å². The third-order valence-corrected chi connectivity index (χ3v) is 4.60. The molecule has 29 heavy (non-hydrogen) atoms. The number of hydrazone groups is 1. The molecule has 9 heteroatoms. The fourth-order valence-corrected chi connectivity index (χ4v) is 3.06. The molecule has 0 bridgehead atoms. The van der Waals surface area contributed by atoms with Crippen LogP contribution < -0.4 is 10.2 Å². The van der Waals surface area contributed by atoms with Gasteiger partial charge in [-0.15, -0.1) is 16.8 Å². The van der Waals surface area contributed by atoms with Crippen molar-refractivity contribution in [3.8, 4) is 5.75 Å². The van der Waals surface area contributed by atoms with Gasteiger partial charge in [-0.3, -0.25) is 14.3 Å². The highest BCUT2D eigenvalue weighted by atomic mass is 32.2. The Labute approximate surface area is 172 Å². The van der Waals surface area contributed by atoms with Gasteiger partial charge in [0.1, 0.15) is 12.4 Å². The molecule has 8 nitrogen and oxygen atoms in total. The Hall–Kier alpha value is -3.46. The van der Waals surface area contributed by atoms with Gasteiger partial charge in [-0.05, 0) is 18.2 Å². The van der Waals surface area contributed by atoms with Crippen molar-refractivity contribution < 1.29 is 9.53 Å². The van der Waals surface area contributed by atoms with Gasteiger partial charge in [0, 0.05) is 24.5 Å². The standard InChI is InChI=1S/C20H20N6O2S/c1-2-11-26-18(14-28-17-8-4-3-5-9-17)23-25-20(26)29-15-19(27)24-22-13-16-7-6-10-21-12-16/h2-10,12-13H,1,11,14-15H2,(H,24,27)/b22-13+. The van der Waals surface area contributed by atoms with Crippen LogP contribution in [0, 0.1) is 0 Å². The Balaban J connectivity index is 1.54. The second-order valence-electron chi connectivity index (χ2n) is 5.77. The van der Waals surface area contributed by atoms with E-state index in [1.54, 1.807) is 24.5 Å². The molecule has 0 aliphatic heterocycles. The zero-order valence-corrected chi connectivity index (χ0v) is 16.5.